The average molecular weight is 280 g/mol. The molecule has 0 spiro atoms. The van der Waals surface area contributed by atoms with Gasteiger partial charge in [0.05, 0.1) is 11.0 Å². The van der Waals surface area contributed by atoms with Crippen molar-refractivity contribution in [1.82, 2.24) is 5.32 Å². The number of benzene rings is 1. The lowest BCUT2D eigenvalue weighted by molar-refractivity contribution is -0.384. The molecule has 2 rings (SSSR count). The van der Waals surface area contributed by atoms with Gasteiger partial charge < -0.3 is 14.8 Å². The summed E-state index contributed by atoms with van der Waals surface area (Å²) in [7, 11) is 0. The molecule has 1 saturated heterocycles. The first kappa shape index (κ1) is 14.7. The highest BCUT2D eigenvalue weighted by Gasteiger charge is 2.23. The van der Waals surface area contributed by atoms with E-state index in [1.807, 2.05) is 0 Å². The van der Waals surface area contributed by atoms with E-state index in [9.17, 15) is 10.1 Å². The predicted molar refractivity (Wildman–Crippen MR) is 75.0 cm³/mol. The number of ether oxygens (including phenoxy) is 2. The molecular weight excluding hydrogens is 260 g/mol. The van der Waals surface area contributed by atoms with Gasteiger partial charge in [-0.15, -0.1) is 0 Å². The summed E-state index contributed by atoms with van der Waals surface area (Å²) in [4.78, 5) is 10.1. The summed E-state index contributed by atoms with van der Waals surface area (Å²) in [6.45, 7) is 5.18. The molecule has 2 atom stereocenters. The van der Waals surface area contributed by atoms with E-state index < -0.39 is 4.92 Å². The van der Waals surface area contributed by atoms with Crippen LogP contribution < -0.4 is 10.1 Å². The quantitative estimate of drug-likeness (QED) is 0.469. The minimum absolute atomic E-state index is 0.0747. The Labute approximate surface area is 118 Å². The second-order valence-corrected chi connectivity index (χ2v) is 4.93. The highest BCUT2D eigenvalue weighted by molar-refractivity contribution is 5.35. The summed E-state index contributed by atoms with van der Waals surface area (Å²) < 4.78 is 11.0. The third-order valence-electron chi connectivity index (χ3n) is 3.53. The topological polar surface area (TPSA) is 73.6 Å². The van der Waals surface area contributed by atoms with E-state index in [0.29, 0.717) is 24.4 Å². The first-order chi connectivity index (χ1) is 9.66. The van der Waals surface area contributed by atoms with Crippen LogP contribution in [0.15, 0.2) is 24.3 Å². The van der Waals surface area contributed by atoms with Crippen LogP contribution in [0, 0.1) is 16.0 Å². The molecule has 0 aliphatic carbocycles. The van der Waals surface area contributed by atoms with Gasteiger partial charge in [-0.25, -0.2) is 0 Å². The number of non-ortho nitro benzene ring substituents is 1. The summed E-state index contributed by atoms with van der Waals surface area (Å²) in [5.74, 6) is 1.23. The van der Waals surface area contributed by atoms with Gasteiger partial charge in [-0.05, 0) is 31.4 Å². The molecule has 1 aliphatic rings. The molecule has 0 bridgehead atoms. The average Bonchev–Trinajstić information content (AvgIpc) is 2.84. The minimum Gasteiger partial charge on any atom is -0.492 e. The highest BCUT2D eigenvalue weighted by atomic mass is 16.6. The van der Waals surface area contributed by atoms with Crippen molar-refractivity contribution in [2.24, 2.45) is 5.92 Å². The molecule has 1 aromatic carbocycles. The van der Waals surface area contributed by atoms with Crippen molar-refractivity contribution in [2.75, 3.05) is 26.3 Å². The summed E-state index contributed by atoms with van der Waals surface area (Å²) in [5.41, 5.74) is 0.0747. The molecule has 1 fully saturated rings. The van der Waals surface area contributed by atoms with Crippen LogP contribution in [0.2, 0.25) is 0 Å². The molecule has 0 radical (unpaired) electrons. The summed E-state index contributed by atoms with van der Waals surface area (Å²) >= 11 is 0. The first-order valence-corrected chi connectivity index (χ1v) is 6.86. The number of nitrogens with one attached hydrogen (secondary N) is 1. The predicted octanol–water partition coefficient (Wildman–Crippen LogP) is 1.99. The van der Waals surface area contributed by atoms with Crippen molar-refractivity contribution in [3.63, 3.8) is 0 Å². The van der Waals surface area contributed by atoms with Crippen LogP contribution in [0.5, 0.6) is 5.75 Å². The molecule has 0 aromatic heterocycles. The van der Waals surface area contributed by atoms with Gasteiger partial charge in [-0.2, -0.15) is 0 Å². The maximum absolute atomic E-state index is 10.5. The SMILES string of the molecule is CC1OCCC1CNCCOc1ccc([N+](=O)[O-])cc1. The Bertz CT molecular complexity index is 435. The number of hydrogen-bond donors (Lipinski definition) is 1. The van der Waals surface area contributed by atoms with E-state index in [-0.39, 0.29) is 5.69 Å². The molecule has 1 N–H and O–H groups in total. The molecule has 20 heavy (non-hydrogen) atoms. The fourth-order valence-corrected chi connectivity index (χ4v) is 2.24. The third-order valence-corrected chi connectivity index (χ3v) is 3.53. The lowest BCUT2D eigenvalue weighted by Crippen LogP contribution is -2.30. The van der Waals surface area contributed by atoms with E-state index in [0.717, 1.165) is 26.1 Å². The van der Waals surface area contributed by atoms with Gasteiger partial charge in [0, 0.05) is 31.8 Å². The number of rotatable bonds is 7. The smallest absolute Gasteiger partial charge is 0.269 e. The normalized spacial score (nSPS) is 21.9. The van der Waals surface area contributed by atoms with Gasteiger partial charge in [0.2, 0.25) is 0 Å². The molecular formula is C14H20N2O4. The molecule has 1 heterocycles. The Morgan fingerprint density at radius 2 is 2.20 bits per heavy atom. The lowest BCUT2D eigenvalue weighted by Gasteiger charge is -2.14. The zero-order valence-corrected chi connectivity index (χ0v) is 11.6. The van der Waals surface area contributed by atoms with Crippen LogP contribution in [-0.2, 0) is 4.74 Å². The van der Waals surface area contributed by atoms with Crippen LogP contribution in [0.4, 0.5) is 5.69 Å². The second-order valence-electron chi connectivity index (χ2n) is 4.93. The Morgan fingerprint density at radius 3 is 2.80 bits per heavy atom. The fourth-order valence-electron chi connectivity index (χ4n) is 2.24. The Balaban J connectivity index is 1.62. The molecule has 0 saturated carbocycles. The van der Waals surface area contributed by atoms with E-state index in [2.05, 4.69) is 12.2 Å². The van der Waals surface area contributed by atoms with Crippen molar-refractivity contribution in [3.05, 3.63) is 34.4 Å². The van der Waals surface area contributed by atoms with Gasteiger partial charge in [-0.1, -0.05) is 0 Å². The Morgan fingerprint density at radius 1 is 1.45 bits per heavy atom. The van der Waals surface area contributed by atoms with Gasteiger partial charge in [0.15, 0.2) is 0 Å². The Hall–Kier alpha value is -1.66. The van der Waals surface area contributed by atoms with E-state index in [1.54, 1.807) is 12.1 Å². The largest absolute Gasteiger partial charge is 0.492 e. The molecule has 1 aliphatic heterocycles. The van der Waals surface area contributed by atoms with Crippen LogP contribution in [0.25, 0.3) is 0 Å². The Kier molecular flexibility index (Phi) is 5.31. The van der Waals surface area contributed by atoms with E-state index >= 15 is 0 Å². The molecule has 6 heteroatoms. The van der Waals surface area contributed by atoms with Gasteiger partial charge >= 0.3 is 0 Å². The number of hydrogen-bond acceptors (Lipinski definition) is 5. The summed E-state index contributed by atoms with van der Waals surface area (Å²) in [6.07, 6.45) is 1.44. The molecule has 0 amide bonds. The molecule has 2 unspecified atom stereocenters. The number of nitrogens with zero attached hydrogens (tertiary/aromatic N) is 1. The summed E-state index contributed by atoms with van der Waals surface area (Å²) in [6, 6.07) is 6.12. The van der Waals surface area contributed by atoms with Gasteiger partial charge in [0.1, 0.15) is 12.4 Å². The zero-order chi connectivity index (χ0) is 14.4. The van der Waals surface area contributed by atoms with Crippen molar-refractivity contribution >= 4 is 5.69 Å². The summed E-state index contributed by atoms with van der Waals surface area (Å²) in [5, 5.41) is 13.9. The molecule has 110 valence electrons. The molecule has 6 nitrogen and oxygen atoms in total. The van der Waals surface area contributed by atoms with E-state index in [4.69, 9.17) is 9.47 Å². The maximum atomic E-state index is 10.5. The zero-order valence-electron chi connectivity index (χ0n) is 11.6. The third kappa shape index (κ3) is 4.18. The fraction of sp³-hybridized carbons (Fsp3) is 0.571. The van der Waals surface area contributed by atoms with Crippen molar-refractivity contribution < 1.29 is 14.4 Å². The van der Waals surface area contributed by atoms with E-state index in [1.165, 1.54) is 12.1 Å². The van der Waals surface area contributed by atoms with Crippen LogP contribution in [0.1, 0.15) is 13.3 Å². The maximum Gasteiger partial charge on any atom is 0.269 e. The molecule has 1 aromatic rings. The van der Waals surface area contributed by atoms with Crippen molar-refractivity contribution in [2.45, 2.75) is 19.4 Å². The van der Waals surface area contributed by atoms with Crippen molar-refractivity contribution in [3.8, 4) is 5.75 Å². The second kappa shape index (κ2) is 7.21. The van der Waals surface area contributed by atoms with Crippen LogP contribution in [0.3, 0.4) is 0 Å². The lowest BCUT2D eigenvalue weighted by atomic mass is 10.0. The highest BCUT2D eigenvalue weighted by Crippen LogP contribution is 2.19. The first-order valence-electron chi connectivity index (χ1n) is 6.86. The number of nitro groups is 1. The van der Waals surface area contributed by atoms with Gasteiger partial charge in [-0.3, -0.25) is 10.1 Å². The van der Waals surface area contributed by atoms with Gasteiger partial charge in [0.25, 0.3) is 5.69 Å². The standard InChI is InChI=1S/C14H20N2O4/c1-11-12(6-8-19-11)10-15-7-9-20-14-4-2-13(3-5-14)16(17)18/h2-5,11-12,15H,6-10H2,1H3. The van der Waals surface area contributed by atoms with Crippen molar-refractivity contribution in [1.29, 1.82) is 0 Å². The van der Waals surface area contributed by atoms with Crippen LogP contribution >= 0.6 is 0 Å². The minimum atomic E-state index is -0.420. The van der Waals surface area contributed by atoms with Crippen LogP contribution in [-0.4, -0.2) is 37.3 Å². The monoisotopic (exact) mass is 280 g/mol. The number of nitro benzene ring substituents is 1.